The van der Waals surface area contributed by atoms with Crippen LogP contribution in [0.15, 0.2) is 18.2 Å². The summed E-state index contributed by atoms with van der Waals surface area (Å²) >= 11 is 6.09. The summed E-state index contributed by atoms with van der Waals surface area (Å²) in [6, 6.07) is 4.27. The van der Waals surface area contributed by atoms with Gasteiger partial charge >= 0.3 is 11.9 Å². The SMILES string of the molecule is C[C@@H](O[Si](C)(C)C(C)(C)C)[C@H]1C(=O)N(C(=O)C(=O)O)[C@@H]1[C@H]1CCc2ccc(Cl)cc2C1=O. The van der Waals surface area contributed by atoms with Crippen LogP contribution in [0.3, 0.4) is 0 Å². The Balaban J connectivity index is 1.96. The molecule has 0 bridgehead atoms. The molecule has 32 heavy (non-hydrogen) atoms. The molecule has 7 nitrogen and oxygen atoms in total. The molecular formula is C23H30ClNO6Si. The number of aliphatic carboxylic acids is 1. The standard InChI is InChI=1S/C23H30ClNO6Si/c1-12(31-32(5,6)23(2,3)4)17-18(25(20(17)27)21(28)22(29)30)15-10-8-13-7-9-14(24)11-16(13)19(15)26/h7,9,11-12,15,17-18H,8,10H2,1-6H3,(H,29,30)/t12-,15-,17-,18-/m1/s1. The minimum atomic E-state index is -2.25. The van der Waals surface area contributed by atoms with E-state index in [0.717, 1.165) is 10.5 Å². The summed E-state index contributed by atoms with van der Waals surface area (Å²) in [6.45, 7) is 12.1. The van der Waals surface area contributed by atoms with Crippen molar-refractivity contribution in [3.8, 4) is 0 Å². The van der Waals surface area contributed by atoms with Gasteiger partial charge in [-0.05, 0) is 55.6 Å². The van der Waals surface area contributed by atoms with E-state index in [1.165, 1.54) is 0 Å². The number of hydrogen-bond acceptors (Lipinski definition) is 5. The molecule has 1 fully saturated rings. The van der Waals surface area contributed by atoms with Gasteiger partial charge in [0.25, 0.3) is 0 Å². The molecule has 1 aromatic rings. The molecule has 0 unspecified atom stereocenters. The van der Waals surface area contributed by atoms with Crippen molar-refractivity contribution in [2.24, 2.45) is 11.8 Å². The zero-order valence-corrected chi connectivity index (χ0v) is 21.0. The van der Waals surface area contributed by atoms with Crippen LogP contribution in [-0.4, -0.2) is 54.0 Å². The topological polar surface area (TPSA) is 101 Å². The first-order chi connectivity index (χ1) is 14.7. The minimum Gasteiger partial charge on any atom is -0.474 e. The molecule has 1 aliphatic carbocycles. The van der Waals surface area contributed by atoms with Gasteiger partial charge in [0.2, 0.25) is 5.91 Å². The maximum Gasteiger partial charge on any atom is 0.395 e. The number of Topliss-reactive ketones (excluding diaryl/α,β-unsaturated/α-hetero) is 1. The molecule has 0 spiro atoms. The van der Waals surface area contributed by atoms with Gasteiger partial charge in [0.05, 0.1) is 18.1 Å². The first kappa shape index (κ1) is 24.6. The van der Waals surface area contributed by atoms with Crippen LogP contribution in [0.4, 0.5) is 0 Å². The molecule has 174 valence electrons. The average molecular weight is 480 g/mol. The molecule has 4 atom stereocenters. The van der Waals surface area contributed by atoms with Crippen LogP contribution in [0.1, 0.15) is 50.0 Å². The lowest BCUT2D eigenvalue weighted by molar-refractivity contribution is -0.180. The van der Waals surface area contributed by atoms with Crippen LogP contribution in [0.2, 0.25) is 23.2 Å². The Morgan fingerprint density at radius 2 is 1.88 bits per heavy atom. The number of rotatable bonds is 4. The van der Waals surface area contributed by atoms with Gasteiger partial charge in [0, 0.05) is 16.5 Å². The van der Waals surface area contributed by atoms with Crippen LogP contribution < -0.4 is 0 Å². The third-order valence-corrected chi connectivity index (χ3v) is 12.0. The fourth-order valence-electron chi connectivity index (χ4n) is 4.46. The number of aryl methyl sites for hydroxylation is 1. The van der Waals surface area contributed by atoms with Crippen LogP contribution in [0, 0.1) is 11.8 Å². The molecule has 1 aliphatic heterocycles. The maximum atomic E-state index is 13.4. The Labute approximate surface area is 194 Å². The highest BCUT2D eigenvalue weighted by atomic mass is 35.5. The number of ketones is 1. The molecule has 3 rings (SSSR count). The largest absolute Gasteiger partial charge is 0.474 e. The van der Waals surface area contributed by atoms with E-state index < -0.39 is 50.1 Å². The number of amides is 2. The summed E-state index contributed by atoms with van der Waals surface area (Å²) < 4.78 is 6.41. The van der Waals surface area contributed by atoms with Crippen molar-refractivity contribution in [2.45, 2.75) is 70.8 Å². The highest BCUT2D eigenvalue weighted by molar-refractivity contribution is 6.74. The van der Waals surface area contributed by atoms with Gasteiger partial charge in [-0.3, -0.25) is 19.3 Å². The third-order valence-electron chi connectivity index (χ3n) is 7.19. The van der Waals surface area contributed by atoms with Crippen LogP contribution >= 0.6 is 11.6 Å². The first-order valence-electron chi connectivity index (χ1n) is 10.8. The predicted octanol–water partition coefficient (Wildman–Crippen LogP) is 3.93. The third kappa shape index (κ3) is 4.15. The lowest BCUT2D eigenvalue weighted by Crippen LogP contribution is -2.71. The number of β-lactam (4-membered cyclic amide) rings is 1. The highest BCUT2D eigenvalue weighted by Gasteiger charge is 2.60. The number of likely N-dealkylation sites (tertiary alicyclic amines) is 1. The van der Waals surface area contributed by atoms with Crippen molar-refractivity contribution >= 4 is 43.5 Å². The van der Waals surface area contributed by atoms with E-state index in [1.807, 2.05) is 0 Å². The number of hydrogen-bond donors (Lipinski definition) is 1. The number of nitrogens with zero attached hydrogens (tertiary/aromatic N) is 1. The smallest absolute Gasteiger partial charge is 0.395 e. The van der Waals surface area contributed by atoms with Crippen molar-refractivity contribution in [1.29, 1.82) is 0 Å². The lowest BCUT2D eigenvalue weighted by Gasteiger charge is -2.52. The zero-order chi connectivity index (χ0) is 24.2. The fourth-order valence-corrected chi connectivity index (χ4v) is 6.06. The number of carboxylic acids is 1. The minimum absolute atomic E-state index is 0.101. The number of imide groups is 1. The first-order valence-corrected chi connectivity index (χ1v) is 14.1. The predicted molar refractivity (Wildman–Crippen MR) is 122 cm³/mol. The molecule has 1 heterocycles. The van der Waals surface area contributed by atoms with Crippen molar-refractivity contribution in [2.75, 3.05) is 0 Å². The Morgan fingerprint density at radius 3 is 2.44 bits per heavy atom. The normalized spacial score (nSPS) is 24.6. The maximum absolute atomic E-state index is 13.4. The molecular weight excluding hydrogens is 450 g/mol. The van der Waals surface area contributed by atoms with Crippen LogP contribution in [0.5, 0.6) is 0 Å². The summed E-state index contributed by atoms with van der Waals surface area (Å²) in [5.41, 5.74) is 1.33. The summed E-state index contributed by atoms with van der Waals surface area (Å²) in [6.07, 6.45) is 0.435. The van der Waals surface area contributed by atoms with Gasteiger partial charge in [-0.1, -0.05) is 38.4 Å². The summed E-state index contributed by atoms with van der Waals surface area (Å²) in [4.78, 5) is 50.9. The van der Waals surface area contributed by atoms with E-state index in [2.05, 4.69) is 33.9 Å². The Kier molecular flexibility index (Phi) is 6.45. The molecule has 1 saturated heterocycles. The Hall–Kier alpha value is -2.03. The quantitative estimate of drug-likeness (QED) is 0.399. The lowest BCUT2D eigenvalue weighted by atomic mass is 9.69. The summed E-state index contributed by atoms with van der Waals surface area (Å²) in [5, 5.41) is 9.58. The van der Waals surface area contributed by atoms with E-state index in [1.54, 1.807) is 25.1 Å². The average Bonchev–Trinajstić information content (AvgIpc) is 2.66. The Bertz CT molecular complexity index is 985. The molecule has 9 heteroatoms. The van der Waals surface area contributed by atoms with Crippen molar-refractivity contribution < 1.29 is 28.7 Å². The van der Waals surface area contributed by atoms with Gasteiger partial charge in [0.1, 0.15) is 0 Å². The van der Waals surface area contributed by atoms with Crippen molar-refractivity contribution in [1.82, 2.24) is 4.90 Å². The molecule has 2 amide bonds. The second-order valence-corrected chi connectivity index (χ2v) is 15.4. The number of carbonyl (C=O) groups is 4. The zero-order valence-electron chi connectivity index (χ0n) is 19.3. The highest BCUT2D eigenvalue weighted by Crippen LogP contribution is 2.44. The van der Waals surface area contributed by atoms with Crippen LogP contribution in [0.25, 0.3) is 0 Å². The number of fused-ring (bicyclic) bond motifs is 1. The second-order valence-electron chi connectivity index (χ2n) is 10.2. The molecule has 0 radical (unpaired) electrons. The number of benzene rings is 1. The van der Waals surface area contributed by atoms with Crippen molar-refractivity contribution in [3.63, 3.8) is 0 Å². The van der Waals surface area contributed by atoms with Gasteiger partial charge in [-0.25, -0.2) is 4.79 Å². The van der Waals surface area contributed by atoms with Crippen LogP contribution in [-0.2, 0) is 25.2 Å². The van der Waals surface area contributed by atoms with E-state index in [-0.39, 0.29) is 10.8 Å². The number of carboxylic acid groups (broad SMARTS) is 1. The number of carbonyl (C=O) groups excluding carboxylic acids is 3. The molecule has 0 saturated carbocycles. The molecule has 2 aliphatic rings. The van der Waals surface area contributed by atoms with Crippen molar-refractivity contribution in [3.05, 3.63) is 34.3 Å². The van der Waals surface area contributed by atoms with E-state index in [4.69, 9.17) is 16.0 Å². The number of halogens is 1. The van der Waals surface area contributed by atoms with E-state index >= 15 is 0 Å². The Morgan fingerprint density at radius 1 is 1.25 bits per heavy atom. The monoisotopic (exact) mass is 479 g/mol. The summed E-state index contributed by atoms with van der Waals surface area (Å²) in [7, 11) is -2.25. The fraction of sp³-hybridized carbons (Fsp3) is 0.565. The van der Waals surface area contributed by atoms with Gasteiger partial charge < -0.3 is 9.53 Å². The van der Waals surface area contributed by atoms with Gasteiger partial charge in [-0.15, -0.1) is 0 Å². The molecule has 1 aromatic carbocycles. The van der Waals surface area contributed by atoms with E-state index in [9.17, 15) is 24.3 Å². The molecule has 0 aromatic heterocycles. The van der Waals surface area contributed by atoms with Gasteiger partial charge in [0.15, 0.2) is 14.1 Å². The van der Waals surface area contributed by atoms with E-state index in [0.29, 0.717) is 23.4 Å². The molecule has 1 N–H and O–H groups in total. The summed E-state index contributed by atoms with van der Waals surface area (Å²) in [5.74, 6) is -5.30. The second kappa shape index (κ2) is 8.39. The van der Waals surface area contributed by atoms with Gasteiger partial charge in [-0.2, -0.15) is 0 Å².